The van der Waals surface area contributed by atoms with Gasteiger partial charge in [-0.3, -0.25) is 0 Å². The average Bonchev–Trinajstić information content (AvgIpc) is 2.56. The molecule has 0 aromatic heterocycles. The van der Waals surface area contributed by atoms with Crippen LogP contribution in [0.15, 0.2) is 18.2 Å². The molecule has 0 atom stereocenters. The minimum absolute atomic E-state index is 0.598. The molecule has 0 unspecified atom stereocenters. The van der Waals surface area contributed by atoms with Crippen LogP contribution in [0, 0.1) is 5.41 Å². The van der Waals surface area contributed by atoms with Gasteiger partial charge in [0.25, 0.3) is 0 Å². The van der Waals surface area contributed by atoms with Crippen LogP contribution < -0.4 is 15.4 Å². The summed E-state index contributed by atoms with van der Waals surface area (Å²) in [5, 5.41) is 0. The van der Waals surface area contributed by atoms with E-state index in [-0.39, 0.29) is 0 Å². The SMILES string of the molecule is COc1ccc(CN)c(N2CCC3(CCCCC3)CC2)c1. The van der Waals surface area contributed by atoms with Crippen molar-refractivity contribution in [2.24, 2.45) is 11.1 Å². The summed E-state index contributed by atoms with van der Waals surface area (Å²) in [6.45, 7) is 2.93. The maximum atomic E-state index is 5.92. The van der Waals surface area contributed by atoms with E-state index in [1.165, 1.54) is 69.3 Å². The van der Waals surface area contributed by atoms with Gasteiger partial charge in [-0.05, 0) is 42.7 Å². The minimum Gasteiger partial charge on any atom is -0.497 e. The quantitative estimate of drug-likeness (QED) is 0.921. The molecule has 21 heavy (non-hydrogen) atoms. The Morgan fingerprint density at radius 2 is 1.81 bits per heavy atom. The summed E-state index contributed by atoms with van der Waals surface area (Å²) in [5.74, 6) is 0.931. The van der Waals surface area contributed by atoms with E-state index in [4.69, 9.17) is 10.5 Å². The maximum Gasteiger partial charge on any atom is 0.120 e. The van der Waals surface area contributed by atoms with E-state index < -0.39 is 0 Å². The van der Waals surface area contributed by atoms with Crippen LogP contribution in [0.1, 0.15) is 50.5 Å². The first-order valence-electron chi connectivity index (χ1n) is 8.38. The van der Waals surface area contributed by atoms with Crippen LogP contribution in [0.5, 0.6) is 5.75 Å². The molecular formula is C18H28N2O. The second-order valence-electron chi connectivity index (χ2n) is 6.75. The number of hydrogen-bond donors (Lipinski definition) is 1. The first-order valence-corrected chi connectivity index (χ1v) is 8.38. The molecule has 1 aromatic carbocycles. The highest BCUT2D eigenvalue weighted by Crippen LogP contribution is 2.45. The largest absolute Gasteiger partial charge is 0.497 e. The molecule has 3 heteroatoms. The third-order valence-electron chi connectivity index (χ3n) is 5.59. The number of hydrogen-bond acceptors (Lipinski definition) is 3. The van der Waals surface area contributed by atoms with E-state index >= 15 is 0 Å². The van der Waals surface area contributed by atoms with Crippen LogP contribution in [0.4, 0.5) is 5.69 Å². The van der Waals surface area contributed by atoms with Crippen LogP contribution in [-0.2, 0) is 6.54 Å². The molecule has 0 radical (unpaired) electrons. The van der Waals surface area contributed by atoms with Gasteiger partial charge >= 0.3 is 0 Å². The van der Waals surface area contributed by atoms with Crippen molar-refractivity contribution in [2.45, 2.75) is 51.5 Å². The fourth-order valence-corrected chi connectivity index (χ4v) is 4.16. The van der Waals surface area contributed by atoms with E-state index in [9.17, 15) is 0 Å². The minimum atomic E-state index is 0.598. The Morgan fingerprint density at radius 1 is 1.10 bits per heavy atom. The van der Waals surface area contributed by atoms with Gasteiger partial charge in [0.05, 0.1) is 7.11 Å². The van der Waals surface area contributed by atoms with Gasteiger partial charge in [-0.2, -0.15) is 0 Å². The lowest BCUT2D eigenvalue weighted by molar-refractivity contribution is 0.144. The second kappa shape index (κ2) is 6.27. The summed E-state index contributed by atoms with van der Waals surface area (Å²) in [5.41, 5.74) is 9.08. The van der Waals surface area contributed by atoms with Gasteiger partial charge < -0.3 is 15.4 Å². The number of rotatable bonds is 3. The van der Waals surface area contributed by atoms with E-state index in [2.05, 4.69) is 17.0 Å². The number of nitrogens with zero attached hydrogens (tertiary/aromatic N) is 1. The Hall–Kier alpha value is -1.22. The molecular weight excluding hydrogens is 260 g/mol. The molecule has 2 aliphatic rings. The van der Waals surface area contributed by atoms with Crippen LogP contribution in [0.2, 0.25) is 0 Å². The number of methoxy groups -OCH3 is 1. The Morgan fingerprint density at radius 3 is 2.43 bits per heavy atom. The van der Waals surface area contributed by atoms with Crippen molar-refractivity contribution in [1.82, 2.24) is 0 Å². The first kappa shape index (κ1) is 14.7. The molecule has 1 saturated heterocycles. The first-order chi connectivity index (χ1) is 10.3. The predicted octanol–water partition coefficient (Wildman–Crippen LogP) is 3.70. The fraction of sp³-hybridized carbons (Fsp3) is 0.667. The lowest BCUT2D eigenvalue weighted by atomic mass is 9.68. The van der Waals surface area contributed by atoms with Gasteiger partial charge in [0, 0.05) is 31.4 Å². The summed E-state index contributed by atoms with van der Waals surface area (Å²) in [6, 6.07) is 6.28. The lowest BCUT2D eigenvalue weighted by Crippen LogP contribution is -2.41. The van der Waals surface area contributed by atoms with Gasteiger partial charge in [-0.1, -0.05) is 25.3 Å². The van der Waals surface area contributed by atoms with E-state index in [1.54, 1.807) is 7.11 Å². The van der Waals surface area contributed by atoms with E-state index in [1.807, 2.05) is 6.07 Å². The average molecular weight is 288 g/mol. The molecule has 2 N–H and O–H groups in total. The fourth-order valence-electron chi connectivity index (χ4n) is 4.16. The zero-order valence-electron chi connectivity index (χ0n) is 13.2. The maximum absolute atomic E-state index is 5.92. The van der Waals surface area contributed by atoms with Crippen molar-refractivity contribution >= 4 is 5.69 Å². The van der Waals surface area contributed by atoms with Crippen molar-refractivity contribution in [1.29, 1.82) is 0 Å². The highest BCUT2D eigenvalue weighted by molar-refractivity contribution is 5.57. The molecule has 1 aromatic rings. The predicted molar refractivity (Wildman–Crippen MR) is 87.9 cm³/mol. The van der Waals surface area contributed by atoms with Gasteiger partial charge in [-0.15, -0.1) is 0 Å². The van der Waals surface area contributed by atoms with Crippen molar-refractivity contribution in [3.8, 4) is 5.75 Å². The Balaban J connectivity index is 1.74. The normalized spacial score (nSPS) is 21.5. The van der Waals surface area contributed by atoms with Crippen molar-refractivity contribution in [3.05, 3.63) is 23.8 Å². The summed E-state index contributed by atoms with van der Waals surface area (Å²) < 4.78 is 5.39. The smallest absolute Gasteiger partial charge is 0.120 e. The zero-order valence-corrected chi connectivity index (χ0v) is 13.2. The summed E-state index contributed by atoms with van der Waals surface area (Å²) in [7, 11) is 1.73. The molecule has 1 aliphatic carbocycles. The highest BCUT2D eigenvalue weighted by Gasteiger charge is 2.35. The van der Waals surface area contributed by atoms with Gasteiger partial charge in [0.1, 0.15) is 5.75 Å². The molecule has 3 rings (SSSR count). The molecule has 1 heterocycles. The summed E-state index contributed by atoms with van der Waals surface area (Å²) in [6.07, 6.45) is 9.90. The third kappa shape index (κ3) is 3.03. The van der Waals surface area contributed by atoms with Gasteiger partial charge in [0.15, 0.2) is 0 Å². The van der Waals surface area contributed by atoms with Crippen LogP contribution in [-0.4, -0.2) is 20.2 Å². The van der Waals surface area contributed by atoms with Crippen LogP contribution in [0.25, 0.3) is 0 Å². The van der Waals surface area contributed by atoms with E-state index in [0.717, 1.165) is 5.75 Å². The topological polar surface area (TPSA) is 38.5 Å². The zero-order chi connectivity index (χ0) is 14.7. The number of nitrogens with two attached hydrogens (primary N) is 1. The Bertz CT molecular complexity index is 470. The molecule has 3 nitrogen and oxygen atoms in total. The summed E-state index contributed by atoms with van der Waals surface area (Å²) in [4.78, 5) is 2.52. The van der Waals surface area contributed by atoms with Crippen molar-refractivity contribution in [3.63, 3.8) is 0 Å². The molecule has 2 fully saturated rings. The molecule has 1 spiro atoms. The Kier molecular flexibility index (Phi) is 4.39. The highest BCUT2D eigenvalue weighted by atomic mass is 16.5. The van der Waals surface area contributed by atoms with E-state index in [0.29, 0.717) is 12.0 Å². The van der Waals surface area contributed by atoms with Crippen molar-refractivity contribution in [2.75, 3.05) is 25.1 Å². The lowest BCUT2D eigenvalue weighted by Gasteiger charge is -2.45. The second-order valence-corrected chi connectivity index (χ2v) is 6.75. The number of benzene rings is 1. The molecule has 116 valence electrons. The van der Waals surface area contributed by atoms with Crippen LogP contribution in [0.3, 0.4) is 0 Å². The van der Waals surface area contributed by atoms with Crippen molar-refractivity contribution < 1.29 is 4.74 Å². The van der Waals surface area contributed by atoms with Crippen LogP contribution >= 0.6 is 0 Å². The monoisotopic (exact) mass is 288 g/mol. The Labute approximate surface area is 128 Å². The van der Waals surface area contributed by atoms with Gasteiger partial charge in [-0.25, -0.2) is 0 Å². The third-order valence-corrected chi connectivity index (χ3v) is 5.59. The molecule has 1 saturated carbocycles. The summed E-state index contributed by atoms with van der Waals surface area (Å²) >= 11 is 0. The van der Waals surface area contributed by atoms with Gasteiger partial charge in [0.2, 0.25) is 0 Å². The number of piperidine rings is 1. The molecule has 0 bridgehead atoms. The standard InChI is InChI=1S/C18H28N2O/c1-21-16-6-5-15(14-19)17(13-16)20-11-9-18(10-12-20)7-3-2-4-8-18/h5-6,13H,2-4,7-12,14,19H2,1H3. The number of ether oxygens (including phenoxy) is 1. The molecule has 0 amide bonds. The molecule has 1 aliphatic heterocycles. The number of anilines is 1.